The van der Waals surface area contributed by atoms with E-state index in [0.717, 1.165) is 27.7 Å². The molecule has 0 aliphatic carbocycles. The van der Waals surface area contributed by atoms with Gasteiger partial charge in [0.25, 0.3) is 0 Å². The molecule has 2 N–H and O–H groups in total. The molecule has 0 amide bonds. The van der Waals surface area contributed by atoms with Crippen molar-refractivity contribution in [2.24, 2.45) is 0 Å². The van der Waals surface area contributed by atoms with Crippen LogP contribution in [0.2, 0.25) is 0 Å². The van der Waals surface area contributed by atoms with Crippen molar-refractivity contribution in [3.05, 3.63) is 71.8 Å². The summed E-state index contributed by atoms with van der Waals surface area (Å²) in [6, 6.07) is 16.5. The minimum atomic E-state index is -5.51. The van der Waals surface area contributed by atoms with E-state index >= 15 is 0 Å². The second kappa shape index (κ2) is 13.6. The van der Waals surface area contributed by atoms with Crippen molar-refractivity contribution in [1.29, 1.82) is 0 Å². The second-order valence-corrected chi connectivity index (χ2v) is 10.9. The Morgan fingerprint density at radius 1 is 0.786 bits per heavy atom. The zero-order chi connectivity index (χ0) is 31.1. The molecule has 14 heteroatoms. The molecule has 42 heavy (non-hydrogen) atoms. The van der Waals surface area contributed by atoms with Crippen molar-refractivity contribution in [2.75, 3.05) is 6.61 Å². The maximum Gasteiger partial charge on any atom is 0.472 e. The SMILES string of the molecule is CC(=O)OC[C@H]1O[C@](Cc2ccccc2)(OP(=O)(O)O)[C@@](Cc2ccccc2)(OC(C)=O)[C@@H](OC(C)=O)[C@H]1OC(C)=O. The molecule has 1 heterocycles. The quantitative estimate of drug-likeness (QED) is 0.216. The standard InChI is InChI=1S/C28H33O13P/c1-18(29)36-17-24-25(37-19(2)30)26(38-20(3)31)27(39-21(4)32,15-22-11-7-5-8-12-22)28(40-24,41-42(33,34)35)16-23-13-9-6-10-14-23/h5-14,24-26H,15-17H2,1-4H3,(H2,33,34,35)/t24-,25+,26+,27+,28-/m1/s1. The Hall–Kier alpha value is -3.61. The first-order chi connectivity index (χ1) is 19.7. The molecule has 0 unspecified atom stereocenters. The fourth-order valence-corrected chi connectivity index (χ4v) is 5.68. The third kappa shape index (κ3) is 8.24. The van der Waals surface area contributed by atoms with E-state index in [1.54, 1.807) is 60.7 Å². The minimum Gasteiger partial charge on any atom is -0.463 e. The maximum atomic E-state index is 12.8. The van der Waals surface area contributed by atoms with Crippen molar-refractivity contribution in [1.82, 2.24) is 0 Å². The van der Waals surface area contributed by atoms with E-state index in [1.165, 1.54) is 0 Å². The predicted octanol–water partition coefficient (Wildman–Crippen LogP) is 2.40. The summed E-state index contributed by atoms with van der Waals surface area (Å²) in [4.78, 5) is 69.9. The highest BCUT2D eigenvalue weighted by Gasteiger charge is 2.72. The number of phosphoric acid groups is 1. The van der Waals surface area contributed by atoms with Gasteiger partial charge in [-0.15, -0.1) is 0 Å². The van der Waals surface area contributed by atoms with Crippen LogP contribution in [0.5, 0.6) is 0 Å². The van der Waals surface area contributed by atoms with Gasteiger partial charge in [0.05, 0.1) is 0 Å². The third-order valence-corrected chi connectivity index (χ3v) is 6.87. The first-order valence-corrected chi connectivity index (χ1v) is 14.4. The topological polar surface area (TPSA) is 181 Å². The number of carbonyl (C=O) groups is 4. The number of carbonyl (C=O) groups excluding carboxylic acids is 4. The average Bonchev–Trinajstić information content (AvgIpc) is 2.87. The molecule has 2 aromatic carbocycles. The summed E-state index contributed by atoms with van der Waals surface area (Å²) in [5.41, 5.74) is -1.53. The molecular formula is C28H33O13P. The lowest BCUT2D eigenvalue weighted by Gasteiger charge is -2.57. The van der Waals surface area contributed by atoms with E-state index in [2.05, 4.69) is 0 Å². The van der Waals surface area contributed by atoms with Gasteiger partial charge in [0.15, 0.2) is 12.2 Å². The van der Waals surface area contributed by atoms with Crippen LogP contribution in [0.3, 0.4) is 0 Å². The molecule has 5 atom stereocenters. The Bertz CT molecular complexity index is 1310. The fourth-order valence-electron chi connectivity index (χ4n) is 5.03. The number of ether oxygens (including phenoxy) is 5. The van der Waals surface area contributed by atoms with Gasteiger partial charge in [-0.2, -0.15) is 0 Å². The minimum absolute atomic E-state index is 0.393. The van der Waals surface area contributed by atoms with Crippen LogP contribution >= 0.6 is 7.82 Å². The van der Waals surface area contributed by atoms with E-state index in [1.807, 2.05) is 0 Å². The lowest BCUT2D eigenvalue weighted by Crippen LogP contribution is -2.77. The van der Waals surface area contributed by atoms with Gasteiger partial charge in [0, 0.05) is 40.5 Å². The first kappa shape index (κ1) is 32.9. The molecule has 0 radical (unpaired) electrons. The number of hydrogen-bond acceptors (Lipinski definition) is 11. The molecule has 0 spiro atoms. The largest absolute Gasteiger partial charge is 0.472 e. The van der Waals surface area contributed by atoms with Gasteiger partial charge < -0.3 is 33.5 Å². The molecule has 0 aromatic heterocycles. The number of hydrogen-bond donors (Lipinski definition) is 2. The van der Waals surface area contributed by atoms with Crippen LogP contribution in [0.1, 0.15) is 38.8 Å². The average molecular weight is 609 g/mol. The highest BCUT2D eigenvalue weighted by molar-refractivity contribution is 7.46. The normalized spacial score (nSPS) is 25.6. The van der Waals surface area contributed by atoms with Crippen molar-refractivity contribution < 1.29 is 61.7 Å². The van der Waals surface area contributed by atoms with Crippen molar-refractivity contribution in [3.8, 4) is 0 Å². The van der Waals surface area contributed by atoms with Crippen LogP contribution in [-0.2, 0) is 64.8 Å². The van der Waals surface area contributed by atoms with Crippen molar-refractivity contribution in [3.63, 3.8) is 0 Å². The Balaban J connectivity index is 2.44. The second-order valence-electron chi connectivity index (χ2n) is 9.71. The zero-order valence-electron chi connectivity index (χ0n) is 23.5. The fraction of sp³-hybridized carbons (Fsp3) is 0.429. The van der Waals surface area contributed by atoms with E-state index in [4.69, 9.17) is 28.2 Å². The molecule has 1 fully saturated rings. The van der Waals surface area contributed by atoms with E-state index in [9.17, 15) is 33.5 Å². The summed E-state index contributed by atoms with van der Waals surface area (Å²) in [7, 11) is -5.51. The zero-order valence-corrected chi connectivity index (χ0v) is 24.4. The highest BCUT2D eigenvalue weighted by Crippen LogP contribution is 2.55. The van der Waals surface area contributed by atoms with Crippen LogP contribution in [-0.4, -0.2) is 70.0 Å². The van der Waals surface area contributed by atoms with Crippen LogP contribution in [0, 0.1) is 0 Å². The summed E-state index contributed by atoms with van der Waals surface area (Å²) in [6.45, 7) is 3.64. The molecule has 1 aliphatic rings. The van der Waals surface area contributed by atoms with Crippen molar-refractivity contribution >= 4 is 31.7 Å². The molecular weight excluding hydrogens is 575 g/mol. The molecule has 13 nitrogen and oxygen atoms in total. The maximum absolute atomic E-state index is 12.8. The van der Waals surface area contributed by atoms with E-state index in [-0.39, 0.29) is 0 Å². The summed E-state index contributed by atoms with van der Waals surface area (Å²) in [5.74, 6) is -6.11. The third-order valence-electron chi connectivity index (χ3n) is 6.34. The van der Waals surface area contributed by atoms with E-state index < -0.39 is 80.8 Å². The molecule has 0 saturated carbocycles. The number of esters is 4. The van der Waals surface area contributed by atoms with Crippen LogP contribution < -0.4 is 0 Å². The Morgan fingerprint density at radius 3 is 1.76 bits per heavy atom. The van der Waals surface area contributed by atoms with Crippen LogP contribution in [0.4, 0.5) is 0 Å². The van der Waals surface area contributed by atoms with E-state index in [0.29, 0.717) is 11.1 Å². The lowest BCUT2D eigenvalue weighted by atomic mass is 9.73. The van der Waals surface area contributed by atoms with Gasteiger partial charge in [0.1, 0.15) is 12.7 Å². The molecule has 228 valence electrons. The molecule has 1 saturated heterocycles. The number of rotatable bonds is 11. The Labute approximate surface area is 242 Å². The smallest absolute Gasteiger partial charge is 0.463 e. The summed E-state index contributed by atoms with van der Waals surface area (Å²) in [6.07, 6.45) is -5.77. The highest BCUT2D eigenvalue weighted by atomic mass is 31.2. The molecule has 2 aromatic rings. The van der Waals surface area contributed by atoms with Gasteiger partial charge in [0.2, 0.25) is 11.4 Å². The molecule has 1 aliphatic heterocycles. The Morgan fingerprint density at radius 2 is 1.31 bits per heavy atom. The number of benzene rings is 2. The predicted molar refractivity (Wildman–Crippen MR) is 143 cm³/mol. The lowest BCUT2D eigenvalue weighted by molar-refractivity contribution is -0.381. The van der Waals surface area contributed by atoms with Gasteiger partial charge in [-0.3, -0.25) is 19.2 Å². The van der Waals surface area contributed by atoms with Gasteiger partial charge in [-0.05, 0) is 11.1 Å². The summed E-state index contributed by atoms with van der Waals surface area (Å²) < 4.78 is 46.7. The number of phosphoric ester groups is 1. The van der Waals surface area contributed by atoms with Gasteiger partial charge in [-0.1, -0.05) is 60.7 Å². The van der Waals surface area contributed by atoms with Crippen molar-refractivity contribution in [2.45, 2.75) is 70.2 Å². The Kier molecular flexibility index (Phi) is 10.6. The summed E-state index contributed by atoms with van der Waals surface area (Å²) >= 11 is 0. The molecule has 3 rings (SSSR count). The van der Waals surface area contributed by atoms with Gasteiger partial charge >= 0.3 is 31.7 Å². The van der Waals surface area contributed by atoms with Crippen LogP contribution in [0.15, 0.2) is 60.7 Å². The van der Waals surface area contributed by atoms with Gasteiger partial charge in [-0.25, -0.2) is 9.09 Å². The first-order valence-electron chi connectivity index (χ1n) is 12.9. The monoisotopic (exact) mass is 608 g/mol. The summed E-state index contributed by atoms with van der Waals surface area (Å²) in [5, 5.41) is 0. The molecule has 0 bridgehead atoms. The van der Waals surface area contributed by atoms with Crippen LogP contribution in [0.25, 0.3) is 0 Å².